The molecule has 3 aromatic rings. The summed E-state index contributed by atoms with van der Waals surface area (Å²) in [6.07, 6.45) is 1.67. The number of hydrogen-bond acceptors (Lipinski definition) is 3. The summed E-state index contributed by atoms with van der Waals surface area (Å²) in [4.78, 5) is 16.7. The highest BCUT2D eigenvalue weighted by atomic mass is 35.5. The quantitative estimate of drug-likeness (QED) is 0.630. The van der Waals surface area contributed by atoms with Gasteiger partial charge in [0.05, 0.1) is 11.9 Å². The van der Waals surface area contributed by atoms with E-state index in [1.807, 2.05) is 37.3 Å². The molecule has 1 heterocycles. The molecular formula is C21H20ClN3O. The third kappa shape index (κ3) is 4.21. The van der Waals surface area contributed by atoms with Crippen LogP contribution in [0.5, 0.6) is 0 Å². The van der Waals surface area contributed by atoms with Crippen LogP contribution in [0.15, 0.2) is 66.9 Å². The highest BCUT2D eigenvalue weighted by Crippen LogP contribution is 2.23. The van der Waals surface area contributed by atoms with E-state index < -0.39 is 0 Å². The van der Waals surface area contributed by atoms with Gasteiger partial charge in [-0.3, -0.25) is 4.79 Å². The summed E-state index contributed by atoms with van der Waals surface area (Å²) >= 11 is 6.09. The predicted molar refractivity (Wildman–Crippen MR) is 107 cm³/mol. The summed E-state index contributed by atoms with van der Waals surface area (Å²) in [6.45, 7) is 3.95. The van der Waals surface area contributed by atoms with Gasteiger partial charge in [0.25, 0.3) is 5.91 Å². The summed E-state index contributed by atoms with van der Waals surface area (Å²) < 4.78 is 0. The number of amides is 1. The summed E-state index contributed by atoms with van der Waals surface area (Å²) in [5.74, 6) is -0.266. The molecule has 1 atom stereocenters. The van der Waals surface area contributed by atoms with Crippen LogP contribution in [-0.4, -0.2) is 10.9 Å². The molecule has 1 amide bonds. The van der Waals surface area contributed by atoms with Crippen molar-refractivity contribution in [2.24, 2.45) is 0 Å². The van der Waals surface area contributed by atoms with Gasteiger partial charge in [-0.25, -0.2) is 4.98 Å². The molecule has 0 saturated heterocycles. The number of pyridine rings is 1. The lowest BCUT2D eigenvalue weighted by atomic mass is 10.1. The molecule has 3 rings (SSSR count). The maximum absolute atomic E-state index is 12.4. The summed E-state index contributed by atoms with van der Waals surface area (Å²) in [7, 11) is 0. The Labute approximate surface area is 158 Å². The summed E-state index contributed by atoms with van der Waals surface area (Å²) in [5, 5.41) is 6.84. The summed E-state index contributed by atoms with van der Waals surface area (Å²) in [5.41, 5.74) is 3.91. The molecule has 1 aromatic heterocycles. The lowest BCUT2D eigenvalue weighted by Gasteiger charge is -2.15. The van der Waals surface area contributed by atoms with Gasteiger partial charge in [0.2, 0.25) is 0 Å². The van der Waals surface area contributed by atoms with Gasteiger partial charge in [0.15, 0.2) is 0 Å². The van der Waals surface area contributed by atoms with Gasteiger partial charge in [-0.2, -0.15) is 0 Å². The number of nitrogens with one attached hydrogen (secondary N) is 2. The number of benzene rings is 2. The Hall–Kier alpha value is -2.85. The minimum absolute atomic E-state index is 0.145. The monoisotopic (exact) mass is 365 g/mol. The maximum Gasteiger partial charge on any atom is 0.274 e. The highest BCUT2D eigenvalue weighted by Gasteiger charge is 2.11. The van der Waals surface area contributed by atoms with Crippen molar-refractivity contribution in [2.45, 2.75) is 19.9 Å². The van der Waals surface area contributed by atoms with Crippen LogP contribution in [0.4, 0.5) is 11.4 Å². The number of rotatable bonds is 5. The van der Waals surface area contributed by atoms with Crippen LogP contribution in [0.3, 0.4) is 0 Å². The van der Waals surface area contributed by atoms with E-state index in [4.69, 9.17) is 11.6 Å². The van der Waals surface area contributed by atoms with E-state index in [0.29, 0.717) is 16.4 Å². The van der Waals surface area contributed by atoms with E-state index in [1.165, 1.54) is 5.56 Å². The van der Waals surface area contributed by atoms with E-state index in [9.17, 15) is 4.79 Å². The molecule has 2 aromatic carbocycles. The average Bonchev–Trinajstić information content (AvgIpc) is 2.66. The molecule has 4 nitrogen and oxygen atoms in total. The van der Waals surface area contributed by atoms with E-state index in [0.717, 1.165) is 11.3 Å². The van der Waals surface area contributed by atoms with Crippen LogP contribution in [-0.2, 0) is 0 Å². The van der Waals surface area contributed by atoms with Crippen LogP contribution >= 0.6 is 11.6 Å². The Kier molecular flexibility index (Phi) is 5.54. The Morgan fingerprint density at radius 3 is 2.50 bits per heavy atom. The lowest BCUT2D eigenvalue weighted by molar-refractivity contribution is 0.102. The van der Waals surface area contributed by atoms with E-state index >= 15 is 0 Å². The number of halogens is 1. The molecule has 0 aliphatic rings. The van der Waals surface area contributed by atoms with Crippen LogP contribution < -0.4 is 10.6 Å². The molecule has 0 aliphatic carbocycles. The van der Waals surface area contributed by atoms with Crippen molar-refractivity contribution in [1.82, 2.24) is 4.98 Å². The molecule has 0 saturated carbocycles. The van der Waals surface area contributed by atoms with E-state index in [-0.39, 0.29) is 11.9 Å². The fourth-order valence-electron chi connectivity index (χ4n) is 2.62. The number of carbonyl (C=O) groups is 1. The zero-order valence-electron chi connectivity index (χ0n) is 14.7. The molecule has 132 valence electrons. The first kappa shape index (κ1) is 18.0. The van der Waals surface area contributed by atoms with Gasteiger partial charge in [-0.05, 0) is 49.2 Å². The first-order valence-corrected chi connectivity index (χ1v) is 8.76. The molecule has 5 heteroatoms. The number of anilines is 2. The standard InChI is InChI=1S/C21H20ClN3O/c1-14-18(22)9-6-10-19(14)25-21(26)20-12-11-17(13-23-20)24-15(2)16-7-4-3-5-8-16/h3-13,15,24H,1-2H3,(H,25,26). The van der Waals surface area contributed by atoms with Gasteiger partial charge in [0.1, 0.15) is 5.69 Å². The van der Waals surface area contributed by atoms with Crippen molar-refractivity contribution < 1.29 is 4.79 Å². The third-order valence-electron chi connectivity index (χ3n) is 4.19. The van der Waals surface area contributed by atoms with Crippen LogP contribution in [0, 0.1) is 6.92 Å². The smallest absolute Gasteiger partial charge is 0.274 e. The normalized spacial score (nSPS) is 11.7. The van der Waals surface area contributed by atoms with Crippen LogP contribution in [0.1, 0.15) is 34.6 Å². The second-order valence-corrected chi connectivity index (χ2v) is 6.48. The molecule has 0 aliphatic heterocycles. The van der Waals surface area contributed by atoms with E-state index in [2.05, 4.69) is 34.7 Å². The largest absolute Gasteiger partial charge is 0.377 e. The zero-order valence-corrected chi connectivity index (χ0v) is 15.4. The zero-order chi connectivity index (χ0) is 18.5. The van der Waals surface area contributed by atoms with Crippen molar-refractivity contribution in [1.29, 1.82) is 0 Å². The predicted octanol–water partition coefficient (Wildman–Crippen LogP) is 5.47. The SMILES string of the molecule is Cc1c(Cl)cccc1NC(=O)c1ccc(NC(C)c2ccccc2)cn1. The fraction of sp³-hybridized carbons (Fsp3) is 0.143. The topological polar surface area (TPSA) is 54.0 Å². The molecule has 0 fully saturated rings. The molecule has 26 heavy (non-hydrogen) atoms. The number of aromatic nitrogens is 1. The molecule has 0 bridgehead atoms. The average molecular weight is 366 g/mol. The van der Waals surface area contributed by atoms with Gasteiger partial charge >= 0.3 is 0 Å². The second kappa shape index (κ2) is 8.02. The van der Waals surface area contributed by atoms with Gasteiger partial charge < -0.3 is 10.6 Å². The van der Waals surface area contributed by atoms with Crippen LogP contribution in [0.25, 0.3) is 0 Å². The van der Waals surface area contributed by atoms with Crippen molar-refractivity contribution in [3.8, 4) is 0 Å². The first-order valence-electron chi connectivity index (χ1n) is 8.38. The Bertz CT molecular complexity index is 895. The van der Waals surface area contributed by atoms with Gasteiger partial charge in [0, 0.05) is 16.8 Å². The van der Waals surface area contributed by atoms with E-state index in [1.54, 1.807) is 24.4 Å². The van der Waals surface area contributed by atoms with Crippen molar-refractivity contribution in [3.05, 3.63) is 88.7 Å². The first-order chi connectivity index (χ1) is 12.5. The fourth-order valence-corrected chi connectivity index (χ4v) is 2.79. The molecule has 0 radical (unpaired) electrons. The Balaban J connectivity index is 1.67. The van der Waals surface area contributed by atoms with Gasteiger partial charge in [-0.15, -0.1) is 0 Å². The minimum atomic E-state index is -0.266. The molecule has 1 unspecified atom stereocenters. The number of hydrogen-bond donors (Lipinski definition) is 2. The van der Waals surface area contributed by atoms with Crippen molar-refractivity contribution in [2.75, 3.05) is 10.6 Å². The Morgan fingerprint density at radius 1 is 1.04 bits per heavy atom. The number of nitrogens with zero attached hydrogens (tertiary/aromatic N) is 1. The van der Waals surface area contributed by atoms with Crippen molar-refractivity contribution >= 4 is 28.9 Å². The highest BCUT2D eigenvalue weighted by molar-refractivity contribution is 6.31. The molecule has 0 spiro atoms. The van der Waals surface area contributed by atoms with Crippen LogP contribution in [0.2, 0.25) is 5.02 Å². The maximum atomic E-state index is 12.4. The molecular weight excluding hydrogens is 346 g/mol. The lowest BCUT2D eigenvalue weighted by Crippen LogP contribution is -2.15. The molecule has 2 N–H and O–H groups in total. The third-order valence-corrected chi connectivity index (χ3v) is 4.60. The van der Waals surface area contributed by atoms with Gasteiger partial charge in [-0.1, -0.05) is 48.0 Å². The minimum Gasteiger partial charge on any atom is -0.377 e. The Morgan fingerprint density at radius 2 is 1.81 bits per heavy atom. The summed E-state index contributed by atoms with van der Waals surface area (Å²) in [6, 6.07) is 19.3. The number of carbonyl (C=O) groups excluding carboxylic acids is 1. The van der Waals surface area contributed by atoms with Crippen molar-refractivity contribution in [3.63, 3.8) is 0 Å². The second-order valence-electron chi connectivity index (χ2n) is 6.08.